The maximum Gasteiger partial charge on any atom is 0.249 e. The van der Waals surface area contributed by atoms with Crippen LogP contribution in [-0.2, 0) is 22.7 Å². The number of anilines is 1. The van der Waals surface area contributed by atoms with Crippen LogP contribution in [0.25, 0.3) is 11.0 Å². The van der Waals surface area contributed by atoms with Crippen molar-refractivity contribution in [2.75, 3.05) is 12.0 Å². The number of ether oxygens (including phenoxy) is 1. The summed E-state index contributed by atoms with van der Waals surface area (Å²) in [6.07, 6.45) is 0. The van der Waals surface area contributed by atoms with E-state index in [2.05, 4.69) is 15.6 Å². The Balaban J connectivity index is 1.58. The number of carbonyl (C=O) groups is 2. The predicted octanol–water partition coefficient (Wildman–Crippen LogP) is 4.67. The zero-order valence-corrected chi connectivity index (χ0v) is 21.2. The topological polar surface area (TPSA) is 89.4 Å². The van der Waals surface area contributed by atoms with Gasteiger partial charge in [0, 0.05) is 6.54 Å². The van der Waals surface area contributed by atoms with Crippen molar-refractivity contribution < 1.29 is 18.7 Å². The molecule has 1 N–H and O–H groups in total. The van der Waals surface area contributed by atoms with E-state index in [4.69, 9.17) is 4.74 Å². The number of para-hydroxylation sites is 2. The summed E-state index contributed by atoms with van der Waals surface area (Å²) in [6, 6.07) is 28.1. The van der Waals surface area contributed by atoms with Crippen molar-refractivity contribution in [1.29, 1.82) is 0 Å². The highest BCUT2D eigenvalue weighted by Crippen LogP contribution is 2.32. The molecule has 0 saturated heterocycles. The quantitative estimate of drug-likeness (QED) is 0.303. The lowest BCUT2D eigenvalue weighted by Crippen LogP contribution is -2.45. The zero-order valence-electron chi connectivity index (χ0n) is 21.2. The fourth-order valence-electron chi connectivity index (χ4n) is 4.41. The van der Waals surface area contributed by atoms with E-state index in [1.807, 2.05) is 42.5 Å². The van der Waals surface area contributed by atoms with E-state index in [9.17, 15) is 9.59 Å². The molecule has 0 bridgehead atoms. The molecule has 0 aliphatic heterocycles. The number of nitrogens with zero attached hydrogens (tertiary/aromatic N) is 4. The fourth-order valence-corrected chi connectivity index (χ4v) is 4.41. The summed E-state index contributed by atoms with van der Waals surface area (Å²) in [5, 5.41) is 11.2. The average molecular weight is 524 g/mol. The Kier molecular flexibility index (Phi) is 7.58. The monoisotopic (exact) mass is 523 g/mol. The van der Waals surface area contributed by atoms with E-state index < -0.39 is 23.7 Å². The number of amides is 2. The molecule has 0 aliphatic carbocycles. The third-order valence-electron chi connectivity index (χ3n) is 6.31. The summed E-state index contributed by atoms with van der Waals surface area (Å²) in [4.78, 5) is 29.1. The summed E-state index contributed by atoms with van der Waals surface area (Å²) >= 11 is 0. The summed E-state index contributed by atoms with van der Waals surface area (Å²) in [6.45, 7) is -0.0333. The second kappa shape index (κ2) is 11.6. The lowest BCUT2D eigenvalue weighted by molar-refractivity contribution is -0.127. The van der Waals surface area contributed by atoms with Crippen LogP contribution in [0.4, 0.5) is 10.1 Å². The molecule has 2 amide bonds. The molecule has 0 fully saturated rings. The van der Waals surface area contributed by atoms with E-state index in [0.29, 0.717) is 22.3 Å². The lowest BCUT2D eigenvalue weighted by atomic mass is 10.0. The Morgan fingerprint density at radius 3 is 2.49 bits per heavy atom. The van der Waals surface area contributed by atoms with Crippen LogP contribution in [-0.4, -0.2) is 33.9 Å². The van der Waals surface area contributed by atoms with Gasteiger partial charge in [0.05, 0.1) is 18.3 Å². The van der Waals surface area contributed by atoms with Crippen LogP contribution in [0.5, 0.6) is 5.75 Å². The van der Waals surface area contributed by atoms with Crippen LogP contribution >= 0.6 is 0 Å². The number of halogens is 1. The summed E-state index contributed by atoms with van der Waals surface area (Å²) in [5.74, 6) is -1.17. The van der Waals surface area contributed by atoms with Crippen molar-refractivity contribution >= 4 is 28.5 Å². The molecule has 1 aromatic heterocycles. The third-order valence-corrected chi connectivity index (χ3v) is 6.31. The first-order chi connectivity index (χ1) is 19.0. The van der Waals surface area contributed by atoms with Crippen molar-refractivity contribution in [2.45, 2.75) is 19.1 Å². The minimum Gasteiger partial charge on any atom is -0.497 e. The standard InChI is InChI=1S/C30H26FN5O3/c1-39-23-13-9-12-22(18-23)29(30(38)32-19-21-10-3-2-4-11-21)36(26-16-7-5-14-24(26)31)28(37)20-35-27-17-8-6-15-25(27)33-34-35/h2-18,29H,19-20H2,1H3,(H,32,38)/t29-/m1/s1. The molecule has 4 aromatic carbocycles. The van der Waals surface area contributed by atoms with Crippen LogP contribution in [0.15, 0.2) is 103 Å². The molecule has 1 heterocycles. The molecular formula is C30H26FN5O3. The zero-order chi connectivity index (χ0) is 27.2. The van der Waals surface area contributed by atoms with Crippen molar-refractivity contribution in [3.8, 4) is 5.75 Å². The minimum atomic E-state index is -1.21. The van der Waals surface area contributed by atoms with Gasteiger partial charge in [-0.1, -0.05) is 71.9 Å². The highest BCUT2D eigenvalue weighted by molar-refractivity contribution is 6.01. The number of benzene rings is 4. The van der Waals surface area contributed by atoms with Gasteiger partial charge in [0.15, 0.2) is 0 Å². The summed E-state index contributed by atoms with van der Waals surface area (Å²) in [7, 11) is 1.51. The van der Waals surface area contributed by atoms with Gasteiger partial charge >= 0.3 is 0 Å². The summed E-state index contributed by atoms with van der Waals surface area (Å²) in [5.41, 5.74) is 2.57. The van der Waals surface area contributed by atoms with Crippen molar-refractivity contribution in [3.63, 3.8) is 0 Å². The molecule has 0 saturated carbocycles. The van der Waals surface area contributed by atoms with Crippen molar-refractivity contribution in [3.05, 3.63) is 120 Å². The molecule has 9 heteroatoms. The van der Waals surface area contributed by atoms with Gasteiger partial charge in [-0.3, -0.25) is 14.5 Å². The largest absolute Gasteiger partial charge is 0.497 e. The molecule has 5 aromatic rings. The van der Waals surface area contributed by atoms with Gasteiger partial charge in [-0.15, -0.1) is 5.10 Å². The van der Waals surface area contributed by atoms with Gasteiger partial charge in [-0.05, 0) is 47.5 Å². The molecule has 39 heavy (non-hydrogen) atoms. The minimum absolute atomic E-state index is 0.0328. The molecule has 5 rings (SSSR count). The highest BCUT2D eigenvalue weighted by Gasteiger charge is 2.35. The number of carbonyl (C=O) groups excluding carboxylic acids is 2. The number of nitrogens with one attached hydrogen (secondary N) is 1. The number of aromatic nitrogens is 3. The molecular weight excluding hydrogens is 497 g/mol. The molecule has 196 valence electrons. The van der Waals surface area contributed by atoms with Crippen molar-refractivity contribution in [1.82, 2.24) is 20.3 Å². The number of fused-ring (bicyclic) bond motifs is 1. The second-order valence-corrected chi connectivity index (χ2v) is 8.83. The van der Waals surface area contributed by atoms with Crippen LogP contribution in [0, 0.1) is 5.82 Å². The van der Waals surface area contributed by atoms with Crippen LogP contribution in [0.3, 0.4) is 0 Å². The average Bonchev–Trinajstić information content (AvgIpc) is 3.38. The highest BCUT2D eigenvalue weighted by atomic mass is 19.1. The normalized spacial score (nSPS) is 11.6. The Hall–Kier alpha value is -5.05. The van der Waals surface area contributed by atoms with Gasteiger partial charge in [-0.25, -0.2) is 9.07 Å². The number of methoxy groups -OCH3 is 1. The fraction of sp³-hybridized carbons (Fsp3) is 0.133. The number of hydrogen-bond acceptors (Lipinski definition) is 5. The van der Waals surface area contributed by atoms with Crippen LogP contribution < -0.4 is 15.0 Å². The van der Waals surface area contributed by atoms with Gasteiger partial charge in [0.1, 0.15) is 29.7 Å². The lowest BCUT2D eigenvalue weighted by Gasteiger charge is -2.32. The second-order valence-electron chi connectivity index (χ2n) is 8.83. The maximum absolute atomic E-state index is 15.3. The molecule has 8 nitrogen and oxygen atoms in total. The molecule has 0 aliphatic rings. The van der Waals surface area contributed by atoms with Gasteiger partial charge in [0.25, 0.3) is 0 Å². The van der Waals surface area contributed by atoms with E-state index in [1.54, 1.807) is 42.5 Å². The van der Waals surface area contributed by atoms with E-state index >= 15 is 4.39 Å². The predicted molar refractivity (Wildman–Crippen MR) is 145 cm³/mol. The van der Waals surface area contributed by atoms with E-state index in [1.165, 1.54) is 34.9 Å². The first kappa shape index (κ1) is 25.6. The Labute approximate surface area is 224 Å². The Morgan fingerprint density at radius 1 is 0.949 bits per heavy atom. The van der Waals surface area contributed by atoms with Crippen LogP contribution in [0.1, 0.15) is 17.2 Å². The van der Waals surface area contributed by atoms with Gasteiger partial charge < -0.3 is 10.1 Å². The summed E-state index contributed by atoms with van der Waals surface area (Å²) < 4.78 is 22.1. The molecule has 0 radical (unpaired) electrons. The van der Waals surface area contributed by atoms with Crippen LogP contribution in [0.2, 0.25) is 0 Å². The first-order valence-corrected chi connectivity index (χ1v) is 12.4. The van der Waals surface area contributed by atoms with E-state index in [0.717, 1.165) is 5.56 Å². The Morgan fingerprint density at radius 2 is 1.69 bits per heavy atom. The number of rotatable bonds is 9. The first-order valence-electron chi connectivity index (χ1n) is 12.4. The Bertz CT molecular complexity index is 1600. The number of hydrogen-bond donors (Lipinski definition) is 1. The molecule has 0 unspecified atom stereocenters. The van der Waals surface area contributed by atoms with Gasteiger partial charge in [0.2, 0.25) is 11.8 Å². The van der Waals surface area contributed by atoms with E-state index in [-0.39, 0.29) is 18.8 Å². The maximum atomic E-state index is 15.3. The molecule has 1 atom stereocenters. The van der Waals surface area contributed by atoms with Gasteiger partial charge in [-0.2, -0.15) is 0 Å². The third kappa shape index (κ3) is 5.62. The van der Waals surface area contributed by atoms with Crippen molar-refractivity contribution in [2.24, 2.45) is 0 Å². The smallest absolute Gasteiger partial charge is 0.249 e. The SMILES string of the molecule is COc1cccc([C@H](C(=O)NCc2ccccc2)N(C(=O)Cn2nnc3ccccc32)c2ccccc2F)c1. The molecule has 0 spiro atoms.